The number of carbonyl (C=O) groups is 1. The van der Waals surface area contributed by atoms with Crippen LogP contribution >= 0.6 is 0 Å². The molecule has 4 rings (SSSR count). The van der Waals surface area contributed by atoms with Crippen LogP contribution in [0.3, 0.4) is 0 Å². The lowest BCUT2D eigenvalue weighted by atomic mass is 9.45. The van der Waals surface area contributed by atoms with Crippen LogP contribution in [-0.2, 0) is 4.79 Å². The minimum absolute atomic E-state index is 0.0359. The van der Waals surface area contributed by atoms with Gasteiger partial charge < -0.3 is 14.3 Å². The first-order chi connectivity index (χ1) is 13.6. The van der Waals surface area contributed by atoms with Gasteiger partial charge >= 0.3 is 5.63 Å². The molecule has 2 fully saturated rings. The molecule has 4 atom stereocenters. The van der Waals surface area contributed by atoms with Gasteiger partial charge in [-0.2, -0.15) is 0 Å². The van der Waals surface area contributed by atoms with Crippen molar-refractivity contribution in [2.24, 2.45) is 22.7 Å². The van der Waals surface area contributed by atoms with Crippen LogP contribution in [0.5, 0.6) is 5.75 Å². The number of hydrogen-bond donors (Lipinski definition) is 1. The lowest BCUT2D eigenvalue weighted by Crippen LogP contribution is -2.64. The smallest absolute Gasteiger partial charge is 0.336 e. The van der Waals surface area contributed by atoms with Crippen LogP contribution in [0.25, 0.3) is 11.0 Å². The van der Waals surface area contributed by atoms with E-state index < -0.39 is 16.6 Å². The van der Waals surface area contributed by atoms with Gasteiger partial charge in [0.2, 0.25) is 0 Å². The zero-order valence-electron chi connectivity index (χ0n) is 17.7. The van der Waals surface area contributed by atoms with Crippen LogP contribution in [0.2, 0.25) is 0 Å². The Labute approximate surface area is 171 Å². The second-order valence-corrected chi connectivity index (χ2v) is 9.80. The molecule has 5 nitrogen and oxygen atoms in total. The van der Waals surface area contributed by atoms with E-state index in [2.05, 4.69) is 6.92 Å². The molecule has 0 spiro atoms. The Hall–Kier alpha value is -2.14. The lowest BCUT2D eigenvalue weighted by Gasteiger charge is -2.61. The van der Waals surface area contributed by atoms with E-state index in [1.165, 1.54) is 6.07 Å². The number of ketones is 1. The van der Waals surface area contributed by atoms with Gasteiger partial charge in [0.05, 0.1) is 12.2 Å². The lowest BCUT2D eigenvalue weighted by molar-refractivity contribution is -0.205. The second kappa shape index (κ2) is 6.69. The van der Waals surface area contributed by atoms with Crippen molar-refractivity contribution in [3.8, 4) is 5.75 Å². The Balaban J connectivity index is 1.55. The summed E-state index contributed by atoms with van der Waals surface area (Å²) in [7, 11) is 0. The zero-order chi connectivity index (χ0) is 21.0. The summed E-state index contributed by atoms with van der Waals surface area (Å²) in [5, 5.41) is 12.5. The van der Waals surface area contributed by atoms with Gasteiger partial charge in [0.1, 0.15) is 17.1 Å². The van der Waals surface area contributed by atoms with Crippen LogP contribution in [0.15, 0.2) is 39.5 Å². The molecule has 1 aromatic carbocycles. The third-order valence-electron chi connectivity index (χ3n) is 8.03. The van der Waals surface area contributed by atoms with Crippen molar-refractivity contribution < 1.29 is 19.1 Å². The molecule has 156 valence electrons. The van der Waals surface area contributed by atoms with E-state index >= 15 is 0 Å². The molecule has 2 saturated carbocycles. The SMILES string of the molecule is CC1(C)C(=O)CC[C@]2(C)[C@H]1CC[C@@H](COc1ccc3ccc(=O)oc3c1)[C@]2(C)O. The molecular weight excluding hydrogens is 368 g/mol. The highest BCUT2D eigenvalue weighted by atomic mass is 16.5. The van der Waals surface area contributed by atoms with Gasteiger partial charge in [-0.3, -0.25) is 4.79 Å². The molecule has 0 bridgehead atoms. The molecule has 0 amide bonds. The maximum Gasteiger partial charge on any atom is 0.336 e. The van der Waals surface area contributed by atoms with Crippen molar-refractivity contribution in [2.45, 2.75) is 59.0 Å². The maximum atomic E-state index is 12.5. The van der Waals surface area contributed by atoms with Gasteiger partial charge in [-0.15, -0.1) is 0 Å². The predicted octanol–water partition coefficient (Wildman–Crippen LogP) is 4.34. The van der Waals surface area contributed by atoms with Crippen LogP contribution in [0.1, 0.15) is 53.4 Å². The fourth-order valence-corrected chi connectivity index (χ4v) is 5.83. The first kappa shape index (κ1) is 20.1. The molecule has 2 aliphatic carbocycles. The number of Topliss-reactive ketones (excluding diaryl/α,β-unsaturated/α-hetero) is 1. The molecule has 1 heterocycles. The molecule has 1 aromatic heterocycles. The Morgan fingerprint density at radius 2 is 1.83 bits per heavy atom. The Morgan fingerprint density at radius 1 is 1.10 bits per heavy atom. The molecule has 5 heteroatoms. The van der Waals surface area contributed by atoms with E-state index in [9.17, 15) is 14.7 Å². The molecule has 0 radical (unpaired) electrons. The first-order valence-electron chi connectivity index (χ1n) is 10.5. The summed E-state index contributed by atoms with van der Waals surface area (Å²) in [5.74, 6) is 1.06. The van der Waals surface area contributed by atoms with Crippen molar-refractivity contribution in [1.82, 2.24) is 0 Å². The van der Waals surface area contributed by atoms with Gasteiger partial charge in [0.15, 0.2) is 0 Å². The zero-order valence-corrected chi connectivity index (χ0v) is 17.7. The minimum Gasteiger partial charge on any atom is -0.493 e. The first-order valence-corrected chi connectivity index (χ1v) is 10.5. The molecular formula is C24H30O5. The van der Waals surface area contributed by atoms with Crippen LogP contribution in [-0.4, -0.2) is 23.1 Å². The van der Waals surface area contributed by atoms with E-state index in [1.54, 1.807) is 12.1 Å². The highest BCUT2D eigenvalue weighted by Crippen LogP contribution is 2.61. The molecule has 1 N–H and O–H groups in total. The van der Waals surface area contributed by atoms with E-state index in [0.717, 1.165) is 18.2 Å². The van der Waals surface area contributed by atoms with Crippen molar-refractivity contribution in [3.63, 3.8) is 0 Å². The fourth-order valence-electron chi connectivity index (χ4n) is 5.83. The molecule has 2 aliphatic rings. The van der Waals surface area contributed by atoms with E-state index in [4.69, 9.17) is 9.15 Å². The van der Waals surface area contributed by atoms with Crippen molar-refractivity contribution in [3.05, 3.63) is 40.8 Å². The molecule has 29 heavy (non-hydrogen) atoms. The highest BCUT2D eigenvalue weighted by molar-refractivity contribution is 5.85. The number of fused-ring (bicyclic) bond motifs is 2. The van der Waals surface area contributed by atoms with Gasteiger partial charge in [-0.05, 0) is 50.3 Å². The number of aliphatic hydroxyl groups is 1. The number of benzene rings is 1. The number of ether oxygens (including phenoxy) is 1. The average molecular weight is 398 g/mol. The van der Waals surface area contributed by atoms with Crippen molar-refractivity contribution >= 4 is 16.8 Å². The largest absolute Gasteiger partial charge is 0.493 e. The van der Waals surface area contributed by atoms with Gasteiger partial charge in [0.25, 0.3) is 0 Å². The summed E-state index contributed by atoms with van der Waals surface area (Å²) in [6, 6.07) is 8.56. The Bertz CT molecular complexity index is 1000. The molecule has 2 aromatic rings. The summed E-state index contributed by atoms with van der Waals surface area (Å²) >= 11 is 0. The van der Waals surface area contributed by atoms with Gasteiger partial charge in [-0.25, -0.2) is 4.79 Å². The van der Waals surface area contributed by atoms with Crippen LogP contribution in [0, 0.1) is 22.7 Å². The molecule has 0 saturated heterocycles. The summed E-state index contributed by atoms with van der Waals surface area (Å²) in [4.78, 5) is 24.0. The quantitative estimate of drug-likeness (QED) is 0.778. The van der Waals surface area contributed by atoms with Crippen LogP contribution < -0.4 is 10.4 Å². The summed E-state index contributed by atoms with van der Waals surface area (Å²) in [6.07, 6.45) is 2.95. The minimum atomic E-state index is -0.933. The van der Waals surface area contributed by atoms with Gasteiger partial charge in [-0.1, -0.05) is 20.8 Å². The second-order valence-electron chi connectivity index (χ2n) is 9.80. The Morgan fingerprint density at radius 3 is 2.59 bits per heavy atom. The topological polar surface area (TPSA) is 76.7 Å². The molecule has 0 aliphatic heterocycles. The maximum absolute atomic E-state index is 12.5. The fraction of sp³-hybridized carbons (Fsp3) is 0.583. The van der Waals surface area contributed by atoms with Crippen molar-refractivity contribution in [2.75, 3.05) is 6.61 Å². The third-order valence-corrected chi connectivity index (χ3v) is 8.03. The number of carbonyl (C=O) groups excluding carboxylic acids is 1. The van der Waals surface area contributed by atoms with Gasteiger partial charge in [0, 0.05) is 40.7 Å². The van der Waals surface area contributed by atoms with E-state index in [1.807, 2.05) is 32.9 Å². The summed E-state index contributed by atoms with van der Waals surface area (Å²) < 4.78 is 11.3. The number of rotatable bonds is 3. The highest BCUT2D eigenvalue weighted by Gasteiger charge is 2.62. The third kappa shape index (κ3) is 3.10. The van der Waals surface area contributed by atoms with E-state index in [-0.39, 0.29) is 17.3 Å². The Kier molecular flexibility index (Phi) is 4.65. The number of hydrogen-bond acceptors (Lipinski definition) is 5. The summed E-state index contributed by atoms with van der Waals surface area (Å²) in [6.45, 7) is 8.51. The monoisotopic (exact) mass is 398 g/mol. The van der Waals surface area contributed by atoms with E-state index in [0.29, 0.717) is 36.6 Å². The predicted molar refractivity (Wildman–Crippen MR) is 111 cm³/mol. The van der Waals surface area contributed by atoms with Crippen molar-refractivity contribution in [1.29, 1.82) is 0 Å². The molecule has 0 unspecified atom stereocenters. The summed E-state index contributed by atoms with van der Waals surface area (Å²) in [5.41, 5.74) is -1.56. The standard InChI is InChI=1S/C24H30O5/c1-22(2)19-9-7-16(24(4,27)23(19,3)12-11-20(22)25)14-28-17-8-5-15-6-10-21(26)29-18(15)13-17/h5-6,8,10,13,16,19,27H,7,9,11-12,14H2,1-4H3/t16-,19-,23+,24-/m0/s1. The van der Waals surface area contributed by atoms with Crippen LogP contribution in [0.4, 0.5) is 0 Å². The normalized spacial score (nSPS) is 34.0. The average Bonchev–Trinajstić information content (AvgIpc) is 2.65.